The second kappa shape index (κ2) is 61.6. The van der Waals surface area contributed by atoms with Crippen molar-refractivity contribution >= 4 is 39.5 Å². The van der Waals surface area contributed by atoms with E-state index < -0.39 is 97.5 Å². The van der Waals surface area contributed by atoms with Crippen LogP contribution in [0.4, 0.5) is 0 Å². The number of ether oxygens (including phenoxy) is 4. The second-order valence-corrected chi connectivity index (χ2v) is 30.6. The number of esters is 4. The predicted molar refractivity (Wildman–Crippen MR) is 367 cm³/mol. The van der Waals surface area contributed by atoms with Crippen LogP contribution in [0.5, 0.6) is 0 Å². The number of carbonyl (C=O) groups is 4. The molecule has 0 fully saturated rings. The van der Waals surface area contributed by atoms with Crippen molar-refractivity contribution in [1.29, 1.82) is 0 Å². The van der Waals surface area contributed by atoms with E-state index in [1.54, 1.807) is 0 Å². The average molecular weight is 1340 g/mol. The molecule has 0 heterocycles. The Hall–Kier alpha value is -1.94. The summed E-state index contributed by atoms with van der Waals surface area (Å²) in [5, 5.41) is 10.6. The Morgan fingerprint density at radius 1 is 0.308 bits per heavy atom. The summed E-state index contributed by atoms with van der Waals surface area (Å²) in [6.07, 6.45) is 44.5. The molecule has 0 saturated carbocycles. The monoisotopic (exact) mass is 1340 g/mol. The molecule has 0 aliphatic carbocycles. The largest absolute Gasteiger partial charge is 0.472 e. The summed E-state index contributed by atoms with van der Waals surface area (Å²) in [6, 6.07) is 0. The Balaban J connectivity index is 5.23. The number of rotatable bonds is 69. The zero-order valence-electron chi connectivity index (χ0n) is 59.5. The molecule has 0 radical (unpaired) electrons. The molecule has 3 unspecified atom stereocenters. The molecule has 0 bridgehead atoms. The standard InChI is InChI=1S/C72H140O17P2/c1-9-65(8)51-43-35-26-20-15-16-22-28-38-46-54-71(76)89-68(59-83-70(75)53-45-37-31-30-34-42-50-64(6)7)61-87-91(80,81)85-57-66(73)56-84-90(78,79)86-60-67(88-72(77)55-47-39-29-23-17-19-25-33-41-49-63(4)5)58-82-69(74)52-44-36-27-21-14-12-10-11-13-18-24-32-40-48-62(2)3/h62-68,73H,9-61H2,1-8H3,(H,78,79)(H,80,81)/t65?,66-,67-,68-/m1/s1. The molecule has 6 atom stereocenters. The third-order valence-electron chi connectivity index (χ3n) is 16.9. The molecular weight excluding hydrogens is 1200 g/mol. The van der Waals surface area contributed by atoms with Crippen LogP contribution in [0.3, 0.4) is 0 Å². The molecule has 17 nitrogen and oxygen atoms in total. The van der Waals surface area contributed by atoms with Gasteiger partial charge in [0.25, 0.3) is 0 Å². The van der Waals surface area contributed by atoms with E-state index in [0.29, 0.717) is 31.6 Å². The number of aliphatic hydroxyl groups is 1. The van der Waals surface area contributed by atoms with Crippen LogP contribution >= 0.6 is 15.6 Å². The maximum absolute atomic E-state index is 13.0. The fraction of sp³-hybridized carbons (Fsp3) is 0.944. The summed E-state index contributed by atoms with van der Waals surface area (Å²) in [5.74, 6) is 0.882. The van der Waals surface area contributed by atoms with E-state index in [4.69, 9.17) is 37.0 Å². The van der Waals surface area contributed by atoms with Crippen molar-refractivity contribution in [1.82, 2.24) is 0 Å². The normalized spacial score (nSPS) is 14.5. The van der Waals surface area contributed by atoms with Gasteiger partial charge in [0, 0.05) is 25.7 Å². The number of aliphatic hydroxyl groups excluding tert-OH is 1. The molecule has 91 heavy (non-hydrogen) atoms. The summed E-state index contributed by atoms with van der Waals surface area (Å²) >= 11 is 0. The number of unbranched alkanes of at least 4 members (excludes halogenated alkanes) is 34. The van der Waals surface area contributed by atoms with Crippen LogP contribution in [0.1, 0.15) is 357 Å². The highest BCUT2D eigenvalue weighted by Crippen LogP contribution is 2.45. The van der Waals surface area contributed by atoms with Gasteiger partial charge in [0.1, 0.15) is 19.3 Å². The maximum Gasteiger partial charge on any atom is 0.472 e. The van der Waals surface area contributed by atoms with E-state index in [1.807, 2.05) is 0 Å². The van der Waals surface area contributed by atoms with Crippen molar-refractivity contribution in [2.75, 3.05) is 39.6 Å². The van der Waals surface area contributed by atoms with Crippen LogP contribution in [0, 0.1) is 23.7 Å². The van der Waals surface area contributed by atoms with Crippen molar-refractivity contribution in [3.63, 3.8) is 0 Å². The van der Waals surface area contributed by atoms with Gasteiger partial charge in [-0.25, -0.2) is 9.13 Å². The zero-order chi connectivity index (χ0) is 67.5. The van der Waals surface area contributed by atoms with Crippen LogP contribution in [0.2, 0.25) is 0 Å². The SMILES string of the molecule is CCC(C)CCCCCCCCCCCCC(=O)O[C@H](COC(=O)CCCCCCCCC(C)C)COP(=O)(O)OC[C@H](O)COP(=O)(O)OC[C@@H](COC(=O)CCCCCCCCCCCCCCCC(C)C)OC(=O)CCCCCCCCCCCC(C)C. The van der Waals surface area contributed by atoms with Gasteiger partial charge in [0.05, 0.1) is 26.4 Å². The average Bonchev–Trinajstić information content (AvgIpc) is 3.22. The number of carbonyl (C=O) groups excluding carboxylic acids is 4. The quantitative estimate of drug-likeness (QED) is 0.0222. The molecule has 0 amide bonds. The van der Waals surface area contributed by atoms with Gasteiger partial charge in [-0.2, -0.15) is 0 Å². The first-order valence-electron chi connectivity index (χ1n) is 37.2. The summed E-state index contributed by atoms with van der Waals surface area (Å²) in [6.45, 7) is 14.1. The number of hydrogen-bond acceptors (Lipinski definition) is 15. The minimum absolute atomic E-state index is 0.105. The maximum atomic E-state index is 13.0. The topological polar surface area (TPSA) is 237 Å². The van der Waals surface area contributed by atoms with E-state index >= 15 is 0 Å². The Bertz CT molecular complexity index is 1800. The lowest BCUT2D eigenvalue weighted by molar-refractivity contribution is -0.161. The second-order valence-electron chi connectivity index (χ2n) is 27.6. The van der Waals surface area contributed by atoms with Gasteiger partial charge < -0.3 is 33.8 Å². The summed E-state index contributed by atoms with van der Waals surface area (Å²) in [7, 11) is -9.91. The number of phosphoric ester groups is 2. The van der Waals surface area contributed by atoms with Crippen LogP contribution < -0.4 is 0 Å². The van der Waals surface area contributed by atoms with Crippen molar-refractivity contribution < 1.29 is 80.2 Å². The molecule has 3 N–H and O–H groups in total. The van der Waals surface area contributed by atoms with Crippen molar-refractivity contribution in [2.45, 2.75) is 375 Å². The molecule has 0 aromatic carbocycles. The van der Waals surface area contributed by atoms with E-state index in [1.165, 1.54) is 154 Å². The molecule has 0 aromatic heterocycles. The Labute approximate surface area is 556 Å². The summed E-state index contributed by atoms with van der Waals surface area (Å²) in [5.41, 5.74) is 0. The van der Waals surface area contributed by atoms with Gasteiger partial charge >= 0.3 is 39.5 Å². The van der Waals surface area contributed by atoms with E-state index in [0.717, 1.165) is 114 Å². The fourth-order valence-corrected chi connectivity index (χ4v) is 12.4. The molecule has 0 aliphatic heterocycles. The highest BCUT2D eigenvalue weighted by molar-refractivity contribution is 7.47. The van der Waals surface area contributed by atoms with Crippen molar-refractivity contribution in [2.24, 2.45) is 23.7 Å². The Morgan fingerprint density at radius 3 is 0.780 bits per heavy atom. The molecule has 0 rings (SSSR count). The molecule has 0 aliphatic rings. The number of phosphoric acid groups is 2. The van der Waals surface area contributed by atoms with Gasteiger partial charge in [-0.15, -0.1) is 0 Å². The summed E-state index contributed by atoms with van der Waals surface area (Å²) < 4.78 is 68.3. The third kappa shape index (κ3) is 65.1. The van der Waals surface area contributed by atoms with E-state index in [9.17, 15) is 43.2 Å². The smallest absolute Gasteiger partial charge is 0.462 e. The van der Waals surface area contributed by atoms with Gasteiger partial charge in [0.2, 0.25) is 0 Å². The molecule has 0 saturated heterocycles. The molecule has 0 aromatic rings. The van der Waals surface area contributed by atoms with Crippen LogP contribution in [-0.2, 0) is 65.4 Å². The highest BCUT2D eigenvalue weighted by Gasteiger charge is 2.30. The van der Waals surface area contributed by atoms with Crippen LogP contribution in [0.25, 0.3) is 0 Å². The zero-order valence-corrected chi connectivity index (χ0v) is 61.3. The van der Waals surface area contributed by atoms with Gasteiger partial charge in [-0.1, -0.05) is 306 Å². The molecular formula is C72H140O17P2. The molecule has 0 spiro atoms. The first-order chi connectivity index (χ1) is 43.6. The minimum atomic E-state index is -4.95. The van der Waals surface area contributed by atoms with E-state index in [-0.39, 0.29) is 25.7 Å². The van der Waals surface area contributed by atoms with Crippen molar-refractivity contribution in [3.05, 3.63) is 0 Å². The molecule has 540 valence electrons. The summed E-state index contributed by atoms with van der Waals surface area (Å²) in [4.78, 5) is 72.6. The lowest BCUT2D eigenvalue weighted by Crippen LogP contribution is -2.30. The van der Waals surface area contributed by atoms with Crippen molar-refractivity contribution in [3.8, 4) is 0 Å². The van der Waals surface area contributed by atoms with Crippen LogP contribution in [-0.4, -0.2) is 96.7 Å². The van der Waals surface area contributed by atoms with E-state index in [2.05, 4.69) is 55.4 Å². The predicted octanol–water partition coefficient (Wildman–Crippen LogP) is 20.5. The lowest BCUT2D eigenvalue weighted by atomic mass is 9.99. The first-order valence-corrected chi connectivity index (χ1v) is 40.2. The van der Waals surface area contributed by atoms with Gasteiger partial charge in [-0.05, 0) is 49.4 Å². The third-order valence-corrected chi connectivity index (χ3v) is 18.8. The van der Waals surface area contributed by atoms with Gasteiger partial charge in [0.15, 0.2) is 12.2 Å². The molecule has 19 heteroatoms. The highest BCUT2D eigenvalue weighted by atomic mass is 31.2. The lowest BCUT2D eigenvalue weighted by Gasteiger charge is -2.21. The van der Waals surface area contributed by atoms with Gasteiger partial charge in [-0.3, -0.25) is 37.3 Å². The Kier molecular flexibility index (Phi) is 60.3. The first kappa shape index (κ1) is 89.1. The fourth-order valence-electron chi connectivity index (χ4n) is 10.8. The Morgan fingerprint density at radius 2 is 0.527 bits per heavy atom. The minimum Gasteiger partial charge on any atom is -0.462 e. The van der Waals surface area contributed by atoms with Crippen LogP contribution in [0.15, 0.2) is 0 Å². The number of hydrogen-bond donors (Lipinski definition) is 3.